The monoisotopic (exact) mass is 267 g/mol. The van der Waals surface area contributed by atoms with E-state index >= 15 is 0 Å². The van der Waals surface area contributed by atoms with Crippen LogP contribution in [0.25, 0.3) is 0 Å². The molecule has 0 aliphatic heterocycles. The average molecular weight is 267 g/mol. The highest BCUT2D eigenvalue weighted by Gasteiger charge is 2.19. The predicted molar refractivity (Wildman–Crippen MR) is 70.4 cm³/mol. The van der Waals surface area contributed by atoms with E-state index < -0.39 is 28.6 Å². The van der Waals surface area contributed by atoms with Crippen LogP contribution in [0.4, 0.5) is 0 Å². The minimum absolute atomic E-state index is 0.00329. The van der Waals surface area contributed by atoms with E-state index in [1.807, 2.05) is 11.9 Å². The number of allylic oxidation sites excluding steroid dienone is 1. The topological polar surface area (TPSA) is 104 Å². The van der Waals surface area contributed by atoms with Gasteiger partial charge in [-0.25, -0.2) is 4.79 Å². The van der Waals surface area contributed by atoms with Crippen LogP contribution in [0.2, 0.25) is 0 Å². The van der Waals surface area contributed by atoms with Crippen molar-refractivity contribution in [3.63, 3.8) is 0 Å². The molecule has 7 nitrogen and oxygen atoms in total. The number of carbonyl (C=O) groups is 1. The minimum atomic E-state index is -0.906. The highest BCUT2D eigenvalue weighted by atomic mass is 16.3. The molecular formula is C12H17N3O4. The molecule has 3 N–H and O–H groups in total. The van der Waals surface area contributed by atoms with Crippen molar-refractivity contribution in [2.24, 2.45) is 0 Å². The van der Waals surface area contributed by atoms with Crippen molar-refractivity contribution in [2.45, 2.75) is 26.3 Å². The molecule has 0 bridgehead atoms. The second kappa shape index (κ2) is 6.58. The third kappa shape index (κ3) is 3.34. The lowest BCUT2D eigenvalue weighted by Gasteiger charge is -2.09. The van der Waals surface area contributed by atoms with Crippen molar-refractivity contribution in [3.05, 3.63) is 39.1 Å². The molecule has 1 aromatic rings. The first-order valence-corrected chi connectivity index (χ1v) is 5.98. The first-order chi connectivity index (χ1) is 9.02. The first kappa shape index (κ1) is 14.7. The van der Waals surface area contributed by atoms with Gasteiger partial charge in [-0.3, -0.25) is 19.1 Å². The normalized spacial score (nSPS) is 10.2. The van der Waals surface area contributed by atoms with Gasteiger partial charge in [0.2, 0.25) is 5.88 Å². The SMILES string of the molecule is C=CCn1c(O)c(C(=O)NCCCC)c(=O)[nH]c1=O. The Hall–Kier alpha value is -2.31. The zero-order valence-corrected chi connectivity index (χ0v) is 10.7. The van der Waals surface area contributed by atoms with Gasteiger partial charge in [0, 0.05) is 13.1 Å². The zero-order valence-electron chi connectivity index (χ0n) is 10.7. The molecule has 0 aromatic carbocycles. The number of nitrogens with zero attached hydrogens (tertiary/aromatic N) is 1. The van der Waals surface area contributed by atoms with Gasteiger partial charge >= 0.3 is 5.69 Å². The molecular weight excluding hydrogens is 250 g/mol. The van der Waals surface area contributed by atoms with E-state index in [-0.39, 0.29) is 6.54 Å². The van der Waals surface area contributed by atoms with Crippen LogP contribution in [0.1, 0.15) is 30.1 Å². The van der Waals surface area contributed by atoms with Crippen molar-refractivity contribution in [1.29, 1.82) is 0 Å². The predicted octanol–water partition coefficient (Wildman–Crippen LogP) is -0.0419. The van der Waals surface area contributed by atoms with Crippen molar-refractivity contribution in [1.82, 2.24) is 14.9 Å². The Morgan fingerprint density at radius 2 is 2.21 bits per heavy atom. The highest BCUT2D eigenvalue weighted by molar-refractivity contribution is 5.95. The number of hydrogen-bond donors (Lipinski definition) is 3. The van der Waals surface area contributed by atoms with Crippen LogP contribution in [-0.2, 0) is 6.54 Å². The summed E-state index contributed by atoms with van der Waals surface area (Å²) in [5.74, 6) is -1.35. The summed E-state index contributed by atoms with van der Waals surface area (Å²) in [7, 11) is 0. The van der Waals surface area contributed by atoms with Gasteiger partial charge in [0.1, 0.15) is 0 Å². The molecule has 1 amide bonds. The fraction of sp³-hybridized carbons (Fsp3) is 0.417. The number of carbonyl (C=O) groups excluding carboxylic acids is 1. The van der Waals surface area contributed by atoms with Gasteiger partial charge in [-0.2, -0.15) is 0 Å². The Morgan fingerprint density at radius 3 is 2.79 bits per heavy atom. The van der Waals surface area contributed by atoms with Crippen molar-refractivity contribution < 1.29 is 9.90 Å². The molecule has 0 saturated carbocycles. The molecule has 0 aliphatic rings. The van der Waals surface area contributed by atoms with E-state index in [9.17, 15) is 19.5 Å². The third-order valence-corrected chi connectivity index (χ3v) is 2.53. The molecule has 0 spiro atoms. The second-order valence-electron chi connectivity index (χ2n) is 3.97. The summed E-state index contributed by atoms with van der Waals surface area (Å²) in [6.45, 7) is 5.79. The summed E-state index contributed by atoms with van der Waals surface area (Å²) in [4.78, 5) is 36.8. The lowest BCUT2D eigenvalue weighted by atomic mass is 10.2. The van der Waals surface area contributed by atoms with Gasteiger partial charge in [0.05, 0.1) is 0 Å². The minimum Gasteiger partial charge on any atom is -0.494 e. The number of rotatable bonds is 6. The smallest absolute Gasteiger partial charge is 0.331 e. The van der Waals surface area contributed by atoms with Crippen LogP contribution in [0.15, 0.2) is 22.2 Å². The van der Waals surface area contributed by atoms with Crippen LogP contribution in [0.5, 0.6) is 5.88 Å². The van der Waals surface area contributed by atoms with E-state index in [1.165, 1.54) is 6.08 Å². The van der Waals surface area contributed by atoms with Crippen LogP contribution in [-0.4, -0.2) is 27.1 Å². The van der Waals surface area contributed by atoms with E-state index in [0.29, 0.717) is 6.54 Å². The number of nitrogens with one attached hydrogen (secondary N) is 2. The van der Waals surface area contributed by atoms with E-state index in [0.717, 1.165) is 17.4 Å². The molecule has 0 saturated heterocycles. The highest BCUT2D eigenvalue weighted by Crippen LogP contribution is 2.09. The summed E-state index contributed by atoms with van der Waals surface area (Å²) in [6, 6.07) is 0. The first-order valence-electron chi connectivity index (χ1n) is 5.98. The third-order valence-electron chi connectivity index (χ3n) is 2.53. The standard InChI is InChI=1S/C12H17N3O4/c1-3-5-6-13-9(16)8-10(17)14-12(19)15(7-4-2)11(8)18/h4,18H,2-3,5-7H2,1H3,(H,13,16)(H,14,17,19). The summed E-state index contributed by atoms with van der Waals surface area (Å²) < 4.78 is 0.864. The average Bonchev–Trinajstić information content (AvgIpc) is 2.34. The van der Waals surface area contributed by atoms with Gasteiger partial charge in [0.15, 0.2) is 5.56 Å². The molecule has 0 radical (unpaired) electrons. The molecule has 1 aromatic heterocycles. The lowest BCUT2D eigenvalue weighted by Crippen LogP contribution is -2.37. The Labute approximate surface area is 109 Å². The second-order valence-corrected chi connectivity index (χ2v) is 3.97. The van der Waals surface area contributed by atoms with Crippen LogP contribution < -0.4 is 16.6 Å². The maximum absolute atomic E-state index is 11.8. The number of amides is 1. The summed E-state index contributed by atoms with van der Waals surface area (Å²) in [6.07, 6.45) is 3.02. The number of aromatic nitrogens is 2. The molecule has 19 heavy (non-hydrogen) atoms. The van der Waals surface area contributed by atoms with Gasteiger partial charge < -0.3 is 10.4 Å². The lowest BCUT2D eigenvalue weighted by molar-refractivity contribution is 0.0947. The largest absolute Gasteiger partial charge is 0.494 e. The summed E-state index contributed by atoms with van der Waals surface area (Å²) in [5, 5.41) is 12.4. The quantitative estimate of drug-likeness (QED) is 0.497. The Morgan fingerprint density at radius 1 is 1.53 bits per heavy atom. The molecule has 1 heterocycles. The molecule has 0 aliphatic carbocycles. The number of hydrogen-bond acceptors (Lipinski definition) is 4. The van der Waals surface area contributed by atoms with Gasteiger partial charge in [-0.1, -0.05) is 19.4 Å². The maximum atomic E-state index is 11.8. The number of aromatic amines is 1. The molecule has 0 atom stereocenters. The van der Waals surface area contributed by atoms with E-state index in [1.54, 1.807) is 0 Å². The molecule has 0 fully saturated rings. The number of H-pyrrole nitrogens is 1. The Bertz CT molecular complexity index is 586. The van der Waals surface area contributed by atoms with Gasteiger partial charge in [-0.05, 0) is 6.42 Å². The van der Waals surface area contributed by atoms with E-state index in [4.69, 9.17) is 0 Å². The Balaban J connectivity index is 3.16. The van der Waals surface area contributed by atoms with Gasteiger partial charge in [0.25, 0.3) is 11.5 Å². The molecule has 0 unspecified atom stereocenters. The van der Waals surface area contributed by atoms with Crippen LogP contribution in [0, 0.1) is 0 Å². The van der Waals surface area contributed by atoms with Crippen molar-refractivity contribution >= 4 is 5.91 Å². The fourth-order valence-electron chi connectivity index (χ4n) is 1.53. The van der Waals surface area contributed by atoms with Crippen molar-refractivity contribution in [3.8, 4) is 5.88 Å². The molecule has 1 rings (SSSR count). The van der Waals surface area contributed by atoms with Crippen LogP contribution >= 0.6 is 0 Å². The number of unbranched alkanes of at least 4 members (excludes halogenated alkanes) is 1. The number of aromatic hydroxyl groups is 1. The van der Waals surface area contributed by atoms with E-state index in [2.05, 4.69) is 11.9 Å². The van der Waals surface area contributed by atoms with Gasteiger partial charge in [-0.15, -0.1) is 6.58 Å². The summed E-state index contributed by atoms with van der Waals surface area (Å²) >= 11 is 0. The van der Waals surface area contributed by atoms with Crippen LogP contribution in [0.3, 0.4) is 0 Å². The van der Waals surface area contributed by atoms with Crippen molar-refractivity contribution in [2.75, 3.05) is 6.54 Å². The maximum Gasteiger partial charge on any atom is 0.331 e. The fourth-order valence-corrected chi connectivity index (χ4v) is 1.53. The zero-order chi connectivity index (χ0) is 14.4. The molecule has 104 valence electrons. The Kier molecular flexibility index (Phi) is 5.11. The molecule has 7 heteroatoms. The summed E-state index contributed by atoms with van der Waals surface area (Å²) in [5.41, 5.74) is -2.15.